The predicted molar refractivity (Wildman–Crippen MR) is 199 cm³/mol. The summed E-state index contributed by atoms with van der Waals surface area (Å²) >= 11 is 0. The lowest BCUT2D eigenvalue weighted by molar-refractivity contribution is 0.555. The lowest BCUT2D eigenvalue weighted by Gasteiger charge is -2.50. The summed E-state index contributed by atoms with van der Waals surface area (Å²) in [5.74, 6) is 0. The minimum Gasteiger partial charge on any atom is -0.309 e. The van der Waals surface area contributed by atoms with Crippen LogP contribution in [0.5, 0.6) is 0 Å². The number of para-hydroxylation sites is 3. The smallest absolute Gasteiger partial charge is 0.0748 e. The van der Waals surface area contributed by atoms with E-state index in [2.05, 4.69) is 182 Å². The zero-order valence-electron chi connectivity index (χ0n) is 27.2. The Balaban J connectivity index is 1.26. The molecule has 1 atom stereocenters. The lowest BCUT2D eigenvalue weighted by Crippen LogP contribution is -2.44. The van der Waals surface area contributed by atoms with Crippen molar-refractivity contribution in [1.29, 1.82) is 0 Å². The molecule has 48 heavy (non-hydrogen) atoms. The maximum atomic E-state index is 2.55. The van der Waals surface area contributed by atoms with Gasteiger partial charge >= 0.3 is 0 Å². The van der Waals surface area contributed by atoms with Gasteiger partial charge < -0.3 is 4.57 Å². The van der Waals surface area contributed by atoms with Crippen LogP contribution >= 0.6 is 0 Å². The average Bonchev–Trinajstić information content (AvgIpc) is 3.48. The third-order valence-corrected chi connectivity index (χ3v) is 11.3. The van der Waals surface area contributed by atoms with E-state index in [1.807, 2.05) is 0 Å². The quantitative estimate of drug-likeness (QED) is 0.187. The van der Waals surface area contributed by atoms with Crippen LogP contribution in [0, 0.1) is 0 Å². The third-order valence-electron chi connectivity index (χ3n) is 11.3. The van der Waals surface area contributed by atoms with Gasteiger partial charge in [0.1, 0.15) is 0 Å². The van der Waals surface area contributed by atoms with E-state index in [-0.39, 0.29) is 5.41 Å². The number of nitrogens with zero attached hydrogens (tertiary/aromatic N) is 1. The summed E-state index contributed by atoms with van der Waals surface area (Å²) in [6.45, 7) is 4.82. The summed E-state index contributed by atoms with van der Waals surface area (Å²) in [4.78, 5) is 0. The van der Waals surface area contributed by atoms with Gasteiger partial charge in [-0.15, -0.1) is 0 Å². The fourth-order valence-electron chi connectivity index (χ4n) is 9.17. The van der Waals surface area contributed by atoms with Crippen LogP contribution < -0.4 is 0 Å². The van der Waals surface area contributed by atoms with Crippen molar-refractivity contribution in [3.63, 3.8) is 0 Å². The highest BCUT2D eigenvalue weighted by Gasteiger charge is 2.52. The molecule has 1 unspecified atom stereocenters. The highest BCUT2D eigenvalue weighted by molar-refractivity contribution is 6.12. The van der Waals surface area contributed by atoms with Crippen molar-refractivity contribution in [2.45, 2.75) is 31.1 Å². The van der Waals surface area contributed by atoms with Gasteiger partial charge in [-0.2, -0.15) is 0 Å². The molecule has 1 heteroatoms. The van der Waals surface area contributed by atoms with Crippen LogP contribution in [0.1, 0.15) is 58.4 Å². The topological polar surface area (TPSA) is 4.93 Å². The molecular weight excluding hydrogens is 579 g/mol. The van der Waals surface area contributed by atoms with Gasteiger partial charge in [-0.05, 0) is 74.2 Å². The Morgan fingerprint density at radius 2 is 1.04 bits per heavy atom. The molecule has 2 heterocycles. The molecule has 0 bridgehead atoms. The molecule has 1 spiro atoms. The van der Waals surface area contributed by atoms with Gasteiger partial charge in [0.05, 0.1) is 22.1 Å². The summed E-state index contributed by atoms with van der Waals surface area (Å²) in [5.41, 5.74) is 16.7. The molecular formula is C47H35N. The standard InChI is InChI=1S/C47H35N/c1-46(2)37-17-7-8-18-39(37)47(42-30-32(25-28-38(42)46)29-31-23-26-34(27-24-31)33-13-4-3-5-14-33)40-19-9-11-22-44(40)48-43-21-10-6-15-35(43)36-16-12-20-41(47)45(36)48/h3-28,30H,29H2,1-2H3. The fourth-order valence-corrected chi connectivity index (χ4v) is 9.17. The number of benzene rings is 7. The van der Waals surface area contributed by atoms with Gasteiger partial charge in [-0.25, -0.2) is 0 Å². The molecule has 0 saturated carbocycles. The second-order valence-electron chi connectivity index (χ2n) is 14.1. The van der Waals surface area contributed by atoms with E-state index in [0.29, 0.717) is 0 Å². The summed E-state index contributed by atoms with van der Waals surface area (Å²) in [6.07, 6.45) is 0.882. The maximum absolute atomic E-state index is 2.55. The summed E-state index contributed by atoms with van der Waals surface area (Å²) in [5, 5.41) is 2.62. The first kappa shape index (κ1) is 27.5. The second kappa shape index (κ2) is 9.92. The molecule has 1 aromatic heterocycles. The van der Waals surface area contributed by atoms with E-state index in [1.165, 1.54) is 83.1 Å². The zero-order chi connectivity index (χ0) is 32.0. The minimum absolute atomic E-state index is 0.153. The molecule has 0 fully saturated rings. The molecule has 0 N–H and O–H groups in total. The van der Waals surface area contributed by atoms with Gasteiger partial charge in [-0.1, -0.05) is 166 Å². The van der Waals surface area contributed by atoms with Crippen molar-refractivity contribution >= 4 is 21.8 Å². The molecule has 7 aromatic carbocycles. The Labute approximate surface area is 281 Å². The van der Waals surface area contributed by atoms with Crippen molar-refractivity contribution < 1.29 is 0 Å². The number of hydrogen-bond acceptors (Lipinski definition) is 0. The third kappa shape index (κ3) is 3.56. The van der Waals surface area contributed by atoms with E-state index in [9.17, 15) is 0 Å². The van der Waals surface area contributed by atoms with E-state index >= 15 is 0 Å². The summed E-state index contributed by atoms with van der Waals surface area (Å²) in [7, 11) is 0. The van der Waals surface area contributed by atoms with Crippen LogP contribution in [0.4, 0.5) is 0 Å². The predicted octanol–water partition coefficient (Wildman–Crippen LogP) is 11.4. The van der Waals surface area contributed by atoms with Crippen LogP contribution in [-0.2, 0) is 17.3 Å². The van der Waals surface area contributed by atoms with Gasteiger partial charge in [0, 0.05) is 16.2 Å². The molecule has 1 nitrogen and oxygen atoms in total. The van der Waals surface area contributed by atoms with Crippen molar-refractivity contribution in [1.82, 2.24) is 4.57 Å². The van der Waals surface area contributed by atoms with Crippen LogP contribution in [0.3, 0.4) is 0 Å². The van der Waals surface area contributed by atoms with Gasteiger partial charge in [0.2, 0.25) is 0 Å². The molecule has 228 valence electrons. The molecule has 0 amide bonds. The SMILES string of the molecule is CC1(C)c2ccccc2C2(c3ccccc3-n3c4ccccc4c4cccc2c43)c2cc(Cc3ccc(-c4ccccc4)cc3)ccc21. The van der Waals surface area contributed by atoms with Crippen molar-refractivity contribution in [3.05, 3.63) is 208 Å². The minimum atomic E-state index is -0.463. The van der Waals surface area contributed by atoms with E-state index in [1.54, 1.807) is 0 Å². The van der Waals surface area contributed by atoms with Crippen molar-refractivity contribution in [3.8, 4) is 16.8 Å². The first-order valence-corrected chi connectivity index (χ1v) is 17.1. The van der Waals surface area contributed by atoms with Gasteiger partial charge in [0.15, 0.2) is 0 Å². The van der Waals surface area contributed by atoms with E-state index in [4.69, 9.17) is 0 Å². The molecule has 8 aromatic rings. The number of rotatable bonds is 3. The Hall–Kier alpha value is -5.66. The Morgan fingerprint density at radius 3 is 1.88 bits per heavy atom. The monoisotopic (exact) mass is 613 g/mol. The number of fused-ring (bicyclic) bond motifs is 11. The van der Waals surface area contributed by atoms with Gasteiger partial charge in [0.25, 0.3) is 0 Å². The second-order valence-corrected chi connectivity index (χ2v) is 14.1. The maximum Gasteiger partial charge on any atom is 0.0748 e. The molecule has 1 aliphatic carbocycles. The zero-order valence-corrected chi connectivity index (χ0v) is 27.2. The normalized spacial score (nSPS) is 16.9. The molecule has 10 rings (SSSR count). The lowest BCUT2D eigenvalue weighted by atomic mass is 9.53. The molecule has 1 aliphatic heterocycles. The average molecular weight is 614 g/mol. The highest BCUT2D eigenvalue weighted by atomic mass is 15.0. The van der Waals surface area contributed by atoms with Crippen molar-refractivity contribution in [2.24, 2.45) is 0 Å². The Bertz CT molecular complexity index is 2550. The fraction of sp³-hybridized carbons (Fsp3) is 0.106. The van der Waals surface area contributed by atoms with E-state index < -0.39 is 5.41 Å². The Kier molecular flexibility index (Phi) is 5.67. The van der Waals surface area contributed by atoms with Crippen LogP contribution in [0.15, 0.2) is 164 Å². The van der Waals surface area contributed by atoms with Gasteiger partial charge in [-0.3, -0.25) is 0 Å². The Morgan fingerprint density at radius 1 is 0.438 bits per heavy atom. The van der Waals surface area contributed by atoms with Crippen LogP contribution in [0.2, 0.25) is 0 Å². The molecule has 0 saturated heterocycles. The summed E-state index contributed by atoms with van der Waals surface area (Å²) < 4.78 is 2.53. The van der Waals surface area contributed by atoms with Crippen LogP contribution in [0.25, 0.3) is 38.6 Å². The first-order valence-electron chi connectivity index (χ1n) is 17.1. The molecule has 2 aliphatic rings. The van der Waals surface area contributed by atoms with Crippen molar-refractivity contribution in [2.75, 3.05) is 0 Å². The summed E-state index contributed by atoms with van der Waals surface area (Å²) in [6, 6.07) is 61.4. The number of aromatic nitrogens is 1. The van der Waals surface area contributed by atoms with Crippen LogP contribution in [-0.4, -0.2) is 4.57 Å². The first-order chi connectivity index (χ1) is 23.6. The highest BCUT2D eigenvalue weighted by Crippen LogP contribution is 2.60. The molecule has 0 radical (unpaired) electrons. The number of hydrogen-bond donors (Lipinski definition) is 0. The van der Waals surface area contributed by atoms with E-state index in [0.717, 1.165) is 6.42 Å². The largest absolute Gasteiger partial charge is 0.309 e.